The molecular weight excluding hydrogens is 373 g/mol. The van der Waals surface area contributed by atoms with Crippen molar-refractivity contribution >= 4 is 22.2 Å². The van der Waals surface area contributed by atoms with E-state index in [4.69, 9.17) is 9.72 Å². The van der Waals surface area contributed by atoms with Crippen LogP contribution in [0, 0.1) is 0 Å². The molecule has 0 saturated heterocycles. The van der Waals surface area contributed by atoms with E-state index in [2.05, 4.69) is 16.4 Å². The summed E-state index contributed by atoms with van der Waals surface area (Å²) in [5.74, 6) is 0.785. The lowest BCUT2D eigenvalue weighted by Crippen LogP contribution is -2.14. The fourth-order valence-electron chi connectivity index (χ4n) is 3.07. The van der Waals surface area contributed by atoms with Crippen LogP contribution in [0.1, 0.15) is 16.7 Å². The number of fused-ring (bicyclic) bond motifs is 1. The third-order valence-electron chi connectivity index (χ3n) is 4.56. The Bertz CT molecular complexity index is 1070. The van der Waals surface area contributed by atoms with Crippen molar-refractivity contribution in [2.45, 2.75) is 19.8 Å². The predicted octanol–water partition coefficient (Wildman–Crippen LogP) is 5.13. The molecule has 0 atom stereocenters. The monoisotopic (exact) mass is 393 g/mol. The zero-order valence-corrected chi connectivity index (χ0v) is 16.3. The number of methoxy groups -OCH3 is 1. The summed E-state index contributed by atoms with van der Waals surface area (Å²) in [4.78, 5) is 9.30. The smallest absolute Gasteiger partial charge is 0.142 e. The van der Waals surface area contributed by atoms with E-state index in [0.29, 0.717) is 18.7 Å². The Hall–Kier alpha value is -2.83. The number of hydrogen-bond acceptors (Lipinski definition) is 5. The van der Waals surface area contributed by atoms with E-state index in [1.807, 2.05) is 47.8 Å². The van der Waals surface area contributed by atoms with Crippen molar-refractivity contribution < 1.29 is 9.13 Å². The topological polar surface area (TPSA) is 47.0 Å². The third-order valence-corrected chi connectivity index (χ3v) is 5.34. The first-order chi connectivity index (χ1) is 13.8. The second-order valence-electron chi connectivity index (χ2n) is 6.45. The van der Waals surface area contributed by atoms with Gasteiger partial charge in [0.2, 0.25) is 0 Å². The largest absolute Gasteiger partial charge is 0.497 e. The summed E-state index contributed by atoms with van der Waals surface area (Å²) in [6.07, 6.45) is 1.79. The molecule has 0 aliphatic carbocycles. The number of pyridine rings is 1. The predicted molar refractivity (Wildman–Crippen MR) is 111 cm³/mol. The Balaban J connectivity index is 1.60. The van der Waals surface area contributed by atoms with Gasteiger partial charge < -0.3 is 10.1 Å². The maximum Gasteiger partial charge on any atom is 0.142 e. The van der Waals surface area contributed by atoms with E-state index >= 15 is 0 Å². The van der Waals surface area contributed by atoms with Gasteiger partial charge in [0.15, 0.2) is 0 Å². The molecule has 4 aromatic rings. The Labute approximate surface area is 167 Å². The van der Waals surface area contributed by atoms with Gasteiger partial charge in [0.25, 0.3) is 0 Å². The van der Waals surface area contributed by atoms with Crippen molar-refractivity contribution in [2.24, 2.45) is 0 Å². The van der Waals surface area contributed by atoms with E-state index in [9.17, 15) is 4.39 Å². The summed E-state index contributed by atoms with van der Waals surface area (Å²) >= 11 is 1.57. The number of hydrogen-bond donors (Lipinski definition) is 1. The molecule has 2 aromatic carbocycles. The van der Waals surface area contributed by atoms with Crippen LogP contribution in [0.4, 0.5) is 4.39 Å². The van der Waals surface area contributed by atoms with Gasteiger partial charge in [0.1, 0.15) is 23.1 Å². The molecular formula is C22H20FN3OS. The van der Waals surface area contributed by atoms with Crippen LogP contribution in [0.25, 0.3) is 21.6 Å². The summed E-state index contributed by atoms with van der Waals surface area (Å²) in [6.45, 7) is 0.928. The minimum atomic E-state index is -0.432. The highest BCUT2D eigenvalue weighted by atomic mass is 32.1. The van der Waals surface area contributed by atoms with E-state index in [1.54, 1.807) is 24.6 Å². The molecule has 0 aliphatic heterocycles. The van der Waals surface area contributed by atoms with E-state index in [1.165, 1.54) is 0 Å². The average molecular weight is 393 g/mol. The number of nitrogens with one attached hydrogen (secondary N) is 1. The van der Waals surface area contributed by atoms with Gasteiger partial charge in [0, 0.05) is 36.1 Å². The molecule has 4 rings (SSSR count). The van der Waals surface area contributed by atoms with Crippen LogP contribution >= 0.6 is 11.3 Å². The lowest BCUT2D eigenvalue weighted by atomic mass is 10.1. The van der Waals surface area contributed by atoms with Crippen LogP contribution in [0.3, 0.4) is 0 Å². The quantitative estimate of drug-likeness (QED) is 0.473. The Morgan fingerprint density at radius 3 is 2.57 bits per heavy atom. The number of alkyl halides is 1. The van der Waals surface area contributed by atoms with E-state index < -0.39 is 6.67 Å². The van der Waals surface area contributed by atoms with Crippen molar-refractivity contribution in [1.82, 2.24) is 15.3 Å². The van der Waals surface area contributed by atoms with Gasteiger partial charge in [-0.15, -0.1) is 11.3 Å². The Kier molecular flexibility index (Phi) is 5.60. The third kappa shape index (κ3) is 4.03. The highest BCUT2D eigenvalue weighted by Gasteiger charge is 2.12. The van der Waals surface area contributed by atoms with Gasteiger partial charge in [0.05, 0.1) is 12.6 Å². The van der Waals surface area contributed by atoms with E-state index in [-0.39, 0.29) is 0 Å². The number of thiazole rings is 1. The molecule has 0 saturated carbocycles. The van der Waals surface area contributed by atoms with Gasteiger partial charge in [-0.05, 0) is 34.9 Å². The number of halogens is 1. The Morgan fingerprint density at radius 1 is 1.04 bits per heavy atom. The zero-order valence-electron chi connectivity index (χ0n) is 15.5. The molecule has 0 fully saturated rings. The Morgan fingerprint density at radius 2 is 1.86 bits per heavy atom. The number of nitrogens with zero attached hydrogens (tertiary/aromatic N) is 2. The zero-order chi connectivity index (χ0) is 19.3. The van der Waals surface area contributed by atoms with Crippen LogP contribution in [-0.4, -0.2) is 17.1 Å². The van der Waals surface area contributed by atoms with Crippen molar-refractivity contribution in [3.63, 3.8) is 0 Å². The number of benzene rings is 2. The normalized spacial score (nSPS) is 11.1. The van der Waals surface area contributed by atoms with Crippen molar-refractivity contribution in [1.29, 1.82) is 0 Å². The van der Waals surface area contributed by atoms with Crippen LogP contribution in [0.5, 0.6) is 5.75 Å². The van der Waals surface area contributed by atoms with Crippen LogP contribution in [0.15, 0.2) is 60.1 Å². The van der Waals surface area contributed by atoms with Gasteiger partial charge in [-0.3, -0.25) is 0 Å². The minimum Gasteiger partial charge on any atom is -0.497 e. The summed E-state index contributed by atoms with van der Waals surface area (Å²) in [5, 5.41) is 7.38. The second kappa shape index (κ2) is 8.46. The molecule has 0 unspecified atom stereocenters. The average Bonchev–Trinajstić information content (AvgIpc) is 3.28. The molecule has 0 radical (unpaired) electrons. The first-order valence-corrected chi connectivity index (χ1v) is 9.87. The molecule has 2 aromatic heterocycles. The SMILES string of the molecule is COc1ccc2cc(CNCc3ccc(CF)cc3)c(-c3nccs3)nc2c1. The lowest BCUT2D eigenvalue weighted by molar-refractivity contribution is 0.415. The molecule has 1 N–H and O–H groups in total. The first-order valence-electron chi connectivity index (χ1n) is 8.99. The molecule has 0 amide bonds. The van der Waals surface area contributed by atoms with Crippen molar-refractivity contribution in [2.75, 3.05) is 7.11 Å². The summed E-state index contributed by atoms with van der Waals surface area (Å²) in [5.41, 5.74) is 4.68. The van der Waals surface area contributed by atoms with Crippen molar-refractivity contribution in [3.05, 3.63) is 76.8 Å². The van der Waals surface area contributed by atoms with Crippen LogP contribution < -0.4 is 10.1 Å². The first kappa shape index (κ1) is 18.5. The van der Waals surface area contributed by atoms with Gasteiger partial charge in [-0.1, -0.05) is 24.3 Å². The standard InChI is InChI=1S/C22H20FN3OS/c1-27-19-7-6-17-10-18(14-24-13-16-4-2-15(12-23)3-5-16)21(26-20(17)11-19)22-25-8-9-28-22/h2-11,24H,12-14H2,1H3. The molecule has 0 aliphatic rings. The van der Waals surface area contributed by atoms with Gasteiger partial charge >= 0.3 is 0 Å². The van der Waals surface area contributed by atoms with Crippen LogP contribution in [0.2, 0.25) is 0 Å². The molecule has 2 heterocycles. The summed E-state index contributed by atoms with van der Waals surface area (Å²) in [7, 11) is 1.65. The number of aromatic nitrogens is 2. The molecule has 6 heteroatoms. The maximum absolute atomic E-state index is 12.6. The second-order valence-corrected chi connectivity index (χ2v) is 7.34. The van der Waals surface area contributed by atoms with E-state index in [0.717, 1.165) is 38.5 Å². The molecule has 142 valence electrons. The highest BCUT2D eigenvalue weighted by Crippen LogP contribution is 2.29. The fourth-order valence-corrected chi connectivity index (χ4v) is 3.73. The van der Waals surface area contributed by atoms with Gasteiger partial charge in [-0.2, -0.15) is 0 Å². The molecule has 28 heavy (non-hydrogen) atoms. The fraction of sp³-hybridized carbons (Fsp3) is 0.182. The van der Waals surface area contributed by atoms with Gasteiger partial charge in [-0.25, -0.2) is 14.4 Å². The molecule has 0 spiro atoms. The maximum atomic E-state index is 12.6. The van der Waals surface area contributed by atoms with Crippen LogP contribution in [-0.2, 0) is 19.8 Å². The van der Waals surface area contributed by atoms with Crippen molar-refractivity contribution in [3.8, 4) is 16.5 Å². The molecule has 4 nitrogen and oxygen atoms in total. The minimum absolute atomic E-state index is 0.432. The molecule has 0 bridgehead atoms. The number of ether oxygens (including phenoxy) is 1. The lowest BCUT2D eigenvalue weighted by Gasteiger charge is -2.11. The highest BCUT2D eigenvalue weighted by molar-refractivity contribution is 7.13. The number of rotatable bonds is 7. The summed E-state index contributed by atoms with van der Waals surface area (Å²) < 4.78 is 18.0. The summed E-state index contributed by atoms with van der Waals surface area (Å²) in [6, 6.07) is 15.6.